The van der Waals surface area contributed by atoms with Crippen LogP contribution in [0.25, 0.3) is 0 Å². The van der Waals surface area contributed by atoms with E-state index in [1.54, 1.807) is 42.5 Å². The minimum atomic E-state index is -1.02. The summed E-state index contributed by atoms with van der Waals surface area (Å²) in [5, 5.41) is 0.502. The van der Waals surface area contributed by atoms with Crippen LogP contribution in [0.4, 0.5) is 5.69 Å². The largest absolute Gasteiger partial charge is 0.451 e. The normalized spacial score (nSPS) is 26.4. The standard InChI is InChI=1S/C31H26ClNO5/c1-17(28(34)19-10-12-22(32)13-11-19)38-31(37)20-8-5-9-23(14-20)33-29(35)26-21-15-24(18-6-3-2-4-7-18)25(16-21)27(26)30(33)36/h2-14,17,21,24-27H,15-16H2,1H3/t17-,21-,24+,25-,26+,27+/m1/s1. The van der Waals surface area contributed by atoms with E-state index >= 15 is 0 Å². The number of carbonyl (C=O) groups is 4. The molecule has 2 aliphatic carbocycles. The summed E-state index contributed by atoms with van der Waals surface area (Å²) in [7, 11) is 0. The number of ketones is 1. The van der Waals surface area contributed by atoms with Gasteiger partial charge in [0.2, 0.25) is 17.6 Å². The number of amides is 2. The molecule has 7 heteroatoms. The maximum Gasteiger partial charge on any atom is 0.338 e. The number of anilines is 1. The molecule has 0 radical (unpaired) electrons. The molecule has 3 aromatic rings. The maximum absolute atomic E-state index is 13.6. The average Bonchev–Trinajstić information content (AvgIpc) is 3.60. The lowest BCUT2D eigenvalue weighted by atomic mass is 9.73. The lowest BCUT2D eigenvalue weighted by molar-refractivity contribution is -0.123. The fourth-order valence-electron chi connectivity index (χ4n) is 6.70. The van der Waals surface area contributed by atoms with Gasteiger partial charge in [0.1, 0.15) is 0 Å². The summed E-state index contributed by atoms with van der Waals surface area (Å²) in [6.45, 7) is 1.51. The topological polar surface area (TPSA) is 80.8 Å². The van der Waals surface area contributed by atoms with Gasteiger partial charge in [-0.1, -0.05) is 48.0 Å². The lowest BCUT2D eigenvalue weighted by Gasteiger charge is -2.28. The van der Waals surface area contributed by atoms with Crippen molar-refractivity contribution in [2.75, 3.05) is 4.90 Å². The molecule has 2 saturated carbocycles. The highest BCUT2D eigenvalue weighted by Gasteiger charge is 2.64. The molecule has 1 aliphatic heterocycles. The molecule has 38 heavy (non-hydrogen) atoms. The number of ether oxygens (including phenoxy) is 1. The first-order valence-corrected chi connectivity index (χ1v) is 13.2. The number of rotatable bonds is 6. The number of Topliss-reactive ketones (excluding diaryl/α,β-unsaturated/α-hetero) is 1. The second-order valence-electron chi connectivity index (χ2n) is 10.4. The minimum absolute atomic E-state index is 0.140. The Bertz CT molecular complexity index is 1440. The van der Waals surface area contributed by atoms with E-state index in [1.807, 2.05) is 18.2 Å². The Kier molecular flexibility index (Phi) is 6.15. The van der Waals surface area contributed by atoms with E-state index in [-0.39, 0.29) is 52.8 Å². The minimum Gasteiger partial charge on any atom is -0.451 e. The Morgan fingerprint density at radius 1 is 0.868 bits per heavy atom. The number of hydrogen-bond donors (Lipinski definition) is 0. The lowest BCUT2D eigenvalue weighted by Crippen LogP contribution is -2.33. The van der Waals surface area contributed by atoms with E-state index in [0.717, 1.165) is 12.8 Å². The monoisotopic (exact) mass is 527 g/mol. The van der Waals surface area contributed by atoms with Crippen LogP contribution in [0.3, 0.4) is 0 Å². The fourth-order valence-corrected chi connectivity index (χ4v) is 6.83. The van der Waals surface area contributed by atoms with Gasteiger partial charge in [0.15, 0.2) is 6.10 Å². The van der Waals surface area contributed by atoms with Crippen LogP contribution < -0.4 is 4.90 Å². The molecule has 6 nitrogen and oxygen atoms in total. The molecule has 2 bridgehead atoms. The van der Waals surface area contributed by atoms with E-state index in [2.05, 4.69) is 12.1 Å². The zero-order valence-electron chi connectivity index (χ0n) is 20.8. The molecule has 0 aromatic heterocycles. The predicted molar refractivity (Wildman–Crippen MR) is 142 cm³/mol. The Balaban J connectivity index is 1.19. The average molecular weight is 528 g/mol. The highest BCUT2D eigenvalue weighted by atomic mass is 35.5. The van der Waals surface area contributed by atoms with E-state index in [9.17, 15) is 19.2 Å². The van der Waals surface area contributed by atoms with Gasteiger partial charge in [0, 0.05) is 10.6 Å². The molecule has 3 aliphatic rings. The predicted octanol–water partition coefficient (Wildman–Crippen LogP) is 5.70. The smallest absolute Gasteiger partial charge is 0.338 e. The van der Waals surface area contributed by atoms with Crippen molar-refractivity contribution in [1.82, 2.24) is 0 Å². The quantitative estimate of drug-likeness (QED) is 0.233. The molecule has 6 atom stereocenters. The number of imide groups is 1. The molecule has 0 unspecified atom stereocenters. The number of carbonyl (C=O) groups excluding carboxylic acids is 4. The van der Waals surface area contributed by atoms with Crippen molar-refractivity contribution in [1.29, 1.82) is 0 Å². The first kappa shape index (κ1) is 24.6. The van der Waals surface area contributed by atoms with Crippen molar-refractivity contribution < 1.29 is 23.9 Å². The van der Waals surface area contributed by atoms with Crippen molar-refractivity contribution in [2.24, 2.45) is 23.7 Å². The van der Waals surface area contributed by atoms with Gasteiger partial charge in [-0.3, -0.25) is 19.3 Å². The highest BCUT2D eigenvalue weighted by Crippen LogP contribution is 2.61. The number of hydrogen-bond acceptors (Lipinski definition) is 5. The Morgan fingerprint density at radius 3 is 2.32 bits per heavy atom. The van der Waals surface area contributed by atoms with Crippen LogP contribution in [0.5, 0.6) is 0 Å². The van der Waals surface area contributed by atoms with Gasteiger partial charge in [-0.2, -0.15) is 0 Å². The number of halogens is 1. The molecule has 1 saturated heterocycles. The van der Waals surface area contributed by atoms with Crippen LogP contribution >= 0.6 is 11.6 Å². The van der Waals surface area contributed by atoms with Gasteiger partial charge in [-0.15, -0.1) is 0 Å². The summed E-state index contributed by atoms with van der Waals surface area (Å²) in [5.41, 5.74) is 2.13. The van der Waals surface area contributed by atoms with Crippen molar-refractivity contribution in [3.05, 3.63) is 101 Å². The Labute approximate surface area is 225 Å². The van der Waals surface area contributed by atoms with Gasteiger partial charge in [-0.05, 0) is 85.5 Å². The summed E-state index contributed by atoms with van der Waals surface area (Å²) in [6.07, 6.45) is 0.785. The third-order valence-electron chi connectivity index (χ3n) is 8.37. The summed E-state index contributed by atoms with van der Waals surface area (Å²) in [5.74, 6) is -1.47. The molecule has 3 fully saturated rings. The third kappa shape index (κ3) is 4.04. The SMILES string of the molecule is C[C@@H](OC(=O)c1cccc(N2C(=O)[C@H]3[C@H]4C[C@@H]([C@@H]3C2=O)[C@H](c2ccccc2)C4)c1)C(=O)c1ccc(Cl)cc1. The van der Waals surface area contributed by atoms with Gasteiger partial charge in [-0.25, -0.2) is 4.79 Å². The van der Waals surface area contributed by atoms with Crippen LogP contribution in [0.1, 0.15) is 52.0 Å². The third-order valence-corrected chi connectivity index (χ3v) is 8.62. The molecule has 6 rings (SSSR count). The van der Waals surface area contributed by atoms with Crippen LogP contribution in [-0.4, -0.2) is 29.7 Å². The fraction of sp³-hybridized carbons (Fsp3) is 0.290. The van der Waals surface area contributed by atoms with E-state index < -0.39 is 12.1 Å². The Morgan fingerprint density at radius 2 is 1.58 bits per heavy atom. The van der Waals surface area contributed by atoms with Crippen molar-refractivity contribution in [3.8, 4) is 0 Å². The number of esters is 1. The summed E-state index contributed by atoms with van der Waals surface area (Å²) in [4.78, 5) is 54.0. The van der Waals surface area contributed by atoms with Gasteiger partial charge >= 0.3 is 5.97 Å². The summed E-state index contributed by atoms with van der Waals surface area (Å²) in [6, 6.07) is 22.9. The first-order chi connectivity index (χ1) is 18.3. The number of fused-ring (bicyclic) bond motifs is 5. The molecule has 0 spiro atoms. The van der Waals surface area contributed by atoms with Crippen molar-refractivity contribution in [3.63, 3.8) is 0 Å². The molecular formula is C31H26ClNO5. The second kappa shape index (κ2) is 9.52. The zero-order chi connectivity index (χ0) is 26.6. The van der Waals surface area contributed by atoms with Crippen LogP contribution in [0.15, 0.2) is 78.9 Å². The molecule has 2 amide bonds. The Hall–Kier alpha value is -3.77. The number of benzene rings is 3. The van der Waals surface area contributed by atoms with E-state index in [1.165, 1.54) is 23.5 Å². The zero-order valence-corrected chi connectivity index (χ0v) is 21.5. The van der Waals surface area contributed by atoms with E-state index in [0.29, 0.717) is 16.3 Å². The van der Waals surface area contributed by atoms with Crippen molar-refractivity contribution in [2.45, 2.75) is 31.8 Å². The van der Waals surface area contributed by atoms with Gasteiger partial charge in [0.25, 0.3) is 0 Å². The van der Waals surface area contributed by atoms with Gasteiger partial charge in [0.05, 0.1) is 23.1 Å². The first-order valence-electron chi connectivity index (χ1n) is 12.9. The van der Waals surface area contributed by atoms with Crippen LogP contribution in [0, 0.1) is 23.7 Å². The maximum atomic E-state index is 13.6. The van der Waals surface area contributed by atoms with Crippen molar-refractivity contribution >= 4 is 40.9 Å². The second-order valence-corrected chi connectivity index (χ2v) is 10.9. The number of nitrogens with zero attached hydrogens (tertiary/aromatic N) is 1. The summed E-state index contributed by atoms with van der Waals surface area (Å²) >= 11 is 5.89. The molecule has 3 aromatic carbocycles. The van der Waals surface area contributed by atoms with Gasteiger partial charge < -0.3 is 4.74 Å². The summed E-state index contributed by atoms with van der Waals surface area (Å²) < 4.78 is 5.43. The highest BCUT2D eigenvalue weighted by molar-refractivity contribution is 6.30. The van der Waals surface area contributed by atoms with Crippen LogP contribution in [-0.2, 0) is 14.3 Å². The molecule has 0 N–H and O–H groups in total. The van der Waals surface area contributed by atoms with E-state index in [4.69, 9.17) is 16.3 Å². The molecule has 1 heterocycles. The molecular weight excluding hydrogens is 502 g/mol. The van der Waals surface area contributed by atoms with Crippen LogP contribution in [0.2, 0.25) is 5.02 Å². The molecule has 192 valence electrons.